The molecule has 0 spiro atoms. The van der Waals surface area contributed by atoms with Crippen LogP contribution < -0.4 is 60.2 Å². The molecular formula is C41H77N11O10. The molecule has 21 heteroatoms. The predicted molar refractivity (Wildman–Crippen MR) is 233 cm³/mol. The molecule has 0 radical (unpaired) electrons. The average Bonchev–Trinajstić information content (AvgIpc) is 3.18. The number of nitrogens with two attached hydrogens (primary N) is 4. The molecule has 0 aliphatic heterocycles. The molecule has 0 unspecified atom stereocenters. The molecule has 9 atom stereocenters. The van der Waals surface area contributed by atoms with Crippen LogP contribution in [-0.2, 0) is 43.2 Å². The first-order valence-corrected chi connectivity index (χ1v) is 21.8. The van der Waals surface area contributed by atoms with Gasteiger partial charge in [0.15, 0.2) is 0 Å². The number of carbonyl (C=O) groups excluding carboxylic acids is 8. The van der Waals surface area contributed by atoms with Crippen LogP contribution in [0.25, 0.3) is 0 Å². The molecule has 0 aliphatic carbocycles. The van der Waals surface area contributed by atoms with Gasteiger partial charge in [-0.3, -0.25) is 43.2 Å². The smallest absolute Gasteiger partial charge is 0.303 e. The van der Waals surface area contributed by atoms with E-state index in [1.165, 1.54) is 13.8 Å². The van der Waals surface area contributed by atoms with E-state index in [1.54, 1.807) is 6.92 Å². The number of primary amides is 1. The fourth-order valence-electron chi connectivity index (χ4n) is 6.25. The quantitative estimate of drug-likeness (QED) is 0.0343. The molecule has 0 fully saturated rings. The average molecular weight is 884 g/mol. The molecule has 62 heavy (non-hydrogen) atoms. The van der Waals surface area contributed by atoms with Gasteiger partial charge in [-0.05, 0) is 102 Å². The number of hydrogen-bond acceptors (Lipinski definition) is 12. The van der Waals surface area contributed by atoms with Crippen LogP contribution >= 0.6 is 0 Å². The van der Waals surface area contributed by atoms with Crippen LogP contribution in [0.3, 0.4) is 0 Å². The summed E-state index contributed by atoms with van der Waals surface area (Å²) in [7, 11) is 0. The van der Waals surface area contributed by atoms with Gasteiger partial charge >= 0.3 is 5.97 Å². The maximum Gasteiger partial charge on any atom is 0.303 e. The van der Waals surface area contributed by atoms with Crippen molar-refractivity contribution in [1.29, 1.82) is 0 Å². The summed E-state index contributed by atoms with van der Waals surface area (Å²) in [6.07, 6.45) is 1.74. The Kier molecular flexibility index (Phi) is 27.8. The summed E-state index contributed by atoms with van der Waals surface area (Å²) in [4.78, 5) is 118. The van der Waals surface area contributed by atoms with E-state index in [9.17, 15) is 48.3 Å². The van der Waals surface area contributed by atoms with Crippen LogP contribution in [-0.4, -0.2) is 120 Å². The maximum atomic E-state index is 14.0. The van der Waals surface area contributed by atoms with E-state index < -0.39 is 114 Å². The number of amides is 8. The highest BCUT2D eigenvalue weighted by Crippen LogP contribution is 2.13. The van der Waals surface area contributed by atoms with Crippen LogP contribution in [0.4, 0.5) is 0 Å². The minimum atomic E-state index is -1.50. The molecule has 0 aromatic carbocycles. The topological polar surface area (TPSA) is 362 Å². The third-order valence-corrected chi connectivity index (χ3v) is 10.1. The lowest BCUT2D eigenvalue weighted by Gasteiger charge is -2.29. The Hall–Kier alpha value is -4.89. The Morgan fingerprint density at radius 2 is 0.871 bits per heavy atom. The van der Waals surface area contributed by atoms with Gasteiger partial charge in [0.05, 0.1) is 6.04 Å². The first-order chi connectivity index (χ1) is 29.0. The van der Waals surface area contributed by atoms with Gasteiger partial charge in [-0.15, -0.1) is 0 Å². The lowest BCUT2D eigenvalue weighted by atomic mass is 9.97. The second kappa shape index (κ2) is 30.2. The first kappa shape index (κ1) is 57.1. The summed E-state index contributed by atoms with van der Waals surface area (Å²) >= 11 is 0. The van der Waals surface area contributed by atoms with Gasteiger partial charge in [0.2, 0.25) is 47.3 Å². The minimum absolute atomic E-state index is 0.0578. The molecule has 0 saturated carbocycles. The van der Waals surface area contributed by atoms with Crippen molar-refractivity contribution in [2.24, 2.45) is 40.7 Å². The van der Waals surface area contributed by atoms with Crippen LogP contribution in [0.15, 0.2) is 0 Å². The molecular weight excluding hydrogens is 807 g/mol. The number of unbranched alkanes of at least 4 members (excludes halogenated alkanes) is 2. The van der Waals surface area contributed by atoms with Crippen molar-refractivity contribution < 1.29 is 48.3 Å². The maximum absolute atomic E-state index is 14.0. The third kappa shape index (κ3) is 22.8. The molecule has 0 saturated heterocycles. The third-order valence-electron chi connectivity index (χ3n) is 10.1. The van der Waals surface area contributed by atoms with Crippen LogP contribution in [0.2, 0.25) is 0 Å². The predicted octanol–water partition coefficient (Wildman–Crippen LogP) is -1.51. The number of hydrogen-bond donors (Lipinski definition) is 12. The van der Waals surface area contributed by atoms with Gasteiger partial charge in [-0.1, -0.05) is 48.0 Å². The highest BCUT2D eigenvalue weighted by atomic mass is 16.4. The van der Waals surface area contributed by atoms with E-state index in [0.29, 0.717) is 32.1 Å². The normalized spacial score (nSPS) is 15.6. The van der Waals surface area contributed by atoms with Crippen LogP contribution in [0.5, 0.6) is 0 Å². The fourth-order valence-corrected chi connectivity index (χ4v) is 6.25. The summed E-state index contributed by atoms with van der Waals surface area (Å²) < 4.78 is 0. The van der Waals surface area contributed by atoms with Crippen molar-refractivity contribution in [2.75, 3.05) is 13.1 Å². The Bertz CT molecular complexity index is 1480. The number of carbonyl (C=O) groups is 9. The Labute approximate surface area is 366 Å². The molecule has 356 valence electrons. The summed E-state index contributed by atoms with van der Waals surface area (Å²) in [6.45, 7) is 14.3. The SMILES string of the molecule is CC[C@H](C)[C@H](NC(=O)[C@H](CC(C)C)NC(=O)[C@H](CCCCN)NC(=O)[C@H](CCC(=O)O)NC(=O)[C@H](CCCCN)NC(=O)[C@H](CC(C)C)NC(=O)[C@H](C)NC(=O)[C@H](C)N)C(N)=O. The fraction of sp³-hybridized carbons (Fsp3) is 0.780. The molecule has 0 aromatic rings. The van der Waals surface area contributed by atoms with Crippen molar-refractivity contribution in [2.45, 2.75) is 174 Å². The van der Waals surface area contributed by atoms with Crippen molar-refractivity contribution in [3.8, 4) is 0 Å². The zero-order valence-corrected chi connectivity index (χ0v) is 38.0. The van der Waals surface area contributed by atoms with Crippen molar-refractivity contribution in [3.63, 3.8) is 0 Å². The standard InChI is InChI=1S/C41H77N11O10/c1-9-24(6)33(34(45)55)52-41(62)31(21-23(4)5)51-38(59)28(15-11-13-19-43)47-39(60)29(16-17-32(53)54)49-37(58)27(14-10-12-18-42)48-40(61)30(20-22(2)3)50-36(57)26(8)46-35(56)25(7)44/h22-31,33H,9-21,42-44H2,1-8H3,(H2,45,55)(H,46,56)(H,47,60)(H,48,61)(H,49,58)(H,50,57)(H,51,59)(H,52,62)(H,53,54)/t24-,25-,26-,27-,28-,29-,30-,31-,33-/m0/s1. The van der Waals surface area contributed by atoms with E-state index in [2.05, 4.69) is 37.2 Å². The van der Waals surface area contributed by atoms with Crippen molar-refractivity contribution in [3.05, 3.63) is 0 Å². The van der Waals surface area contributed by atoms with Gasteiger partial charge in [0.25, 0.3) is 0 Å². The Morgan fingerprint density at radius 3 is 1.23 bits per heavy atom. The highest BCUT2D eigenvalue weighted by molar-refractivity contribution is 5.97. The van der Waals surface area contributed by atoms with Crippen LogP contribution in [0, 0.1) is 17.8 Å². The lowest BCUT2D eigenvalue weighted by Crippen LogP contribution is -2.60. The zero-order chi connectivity index (χ0) is 47.7. The molecule has 0 rings (SSSR count). The number of rotatable bonds is 32. The summed E-state index contributed by atoms with van der Waals surface area (Å²) in [5, 5.41) is 27.8. The summed E-state index contributed by atoms with van der Waals surface area (Å²) in [6, 6.07) is -9.21. The number of nitrogens with one attached hydrogen (secondary N) is 7. The van der Waals surface area contributed by atoms with Gasteiger partial charge in [0, 0.05) is 6.42 Å². The first-order valence-electron chi connectivity index (χ1n) is 21.8. The van der Waals surface area contributed by atoms with Gasteiger partial charge in [0.1, 0.15) is 42.3 Å². The van der Waals surface area contributed by atoms with Gasteiger partial charge in [-0.2, -0.15) is 0 Å². The van der Waals surface area contributed by atoms with Crippen molar-refractivity contribution >= 4 is 53.2 Å². The van der Waals surface area contributed by atoms with Gasteiger partial charge < -0.3 is 65.3 Å². The van der Waals surface area contributed by atoms with Crippen molar-refractivity contribution in [1.82, 2.24) is 37.2 Å². The molecule has 0 aliphatic rings. The number of carboxylic acid groups (broad SMARTS) is 1. The van der Waals surface area contributed by atoms with E-state index in [4.69, 9.17) is 22.9 Å². The second-order valence-corrected chi connectivity index (χ2v) is 16.9. The number of aliphatic carboxylic acids is 1. The molecule has 16 N–H and O–H groups in total. The summed E-state index contributed by atoms with van der Waals surface area (Å²) in [5.74, 6) is -7.57. The monoisotopic (exact) mass is 884 g/mol. The zero-order valence-electron chi connectivity index (χ0n) is 38.0. The second-order valence-electron chi connectivity index (χ2n) is 16.9. The minimum Gasteiger partial charge on any atom is -0.481 e. The highest BCUT2D eigenvalue weighted by Gasteiger charge is 2.34. The van der Waals surface area contributed by atoms with E-state index >= 15 is 0 Å². The largest absolute Gasteiger partial charge is 0.481 e. The Balaban J connectivity index is 6.57. The van der Waals surface area contributed by atoms with Gasteiger partial charge in [-0.25, -0.2) is 0 Å². The molecule has 0 bridgehead atoms. The Morgan fingerprint density at radius 1 is 0.500 bits per heavy atom. The van der Waals surface area contributed by atoms with E-state index in [-0.39, 0.29) is 56.5 Å². The van der Waals surface area contributed by atoms with E-state index in [1.807, 2.05) is 34.6 Å². The molecule has 0 heterocycles. The molecule has 0 aromatic heterocycles. The molecule has 8 amide bonds. The number of carboxylic acids is 1. The van der Waals surface area contributed by atoms with E-state index in [0.717, 1.165) is 0 Å². The van der Waals surface area contributed by atoms with Crippen LogP contribution in [0.1, 0.15) is 126 Å². The molecule has 21 nitrogen and oxygen atoms in total. The summed E-state index contributed by atoms with van der Waals surface area (Å²) in [5.41, 5.74) is 22.6. The lowest BCUT2D eigenvalue weighted by molar-refractivity contribution is -0.139.